The monoisotopic (exact) mass is 433 g/mol. The van der Waals surface area contributed by atoms with Gasteiger partial charge in [-0.15, -0.1) is 0 Å². The highest BCUT2D eigenvalue weighted by molar-refractivity contribution is 6.34. The predicted molar refractivity (Wildman–Crippen MR) is 118 cm³/mol. The lowest BCUT2D eigenvalue weighted by Gasteiger charge is -2.50. The predicted octanol–water partition coefficient (Wildman–Crippen LogP) is 4.71. The van der Waals surface area contributed by atoms with E-state index in [4.69, 9.17) is 16.3 Å². The molecule has 1 aliphatic carbocycles. The van der Waals surface area contributed by atoms with Gasteiger partial charge in [0.2, 0.25) is 5.91 Å². The van der Waals surface area contributed by atoms with E-state index in [0.29, 0.717) is 34.1 Å². The van der Waals surface area contributed by atoms with Crippen LogP contribution in [0.5, 0.6) is 5.75 Å². The average Bonchev–Trinajstić information content (AvgIpc) is 2.94. The molecule has 1 aromatic rings. The number of carbonyl (C=O) groups excluding carboxylic acids is 2. The molecule has 30 heavy (non-hydrogen) atoms. The molecule has 4 rings (SSSR count). The summed E-state index contributed by atoms with van der Waals surface area (Å²) in [5.74, 6) is 0.0236. The van der Waals surface area contributed by atoms with E-state index in [9.17, 15) is 9.59 Å². The fraction of sp³-hybridized carbons (Fsp3) is 0.652. The number of halogens is 1. The van der Waals surface area contributed by atoms with Crippen molar-refractivity contribution in [1.82, 2.24) is 10.2 Å². The van der Waals surface area contributed by atoms with Crippen LogP contribution in [0.25, 0.3) is 0 Å². The van der Waals surface area contributed by atoms with Gasteiger partial charge in [-0.25, -0.2) is 0 Å². The van der Waals surface area contributed by atoms with Crippen molar-refractivity contribution < 1.29 is 14.3 Å². The van der Waals surface area contributed by atoms with Crippen LogP contribution in [0.15, 0.2) is 12.1 Å². The zero-order valence-corrected chi connectivity index (χ0v) is 18.7. The first kappa shape index (κ1) is 21.4. The number of ether oxygens (including phenoxy) is 1. The van der Waals surface area contributed by atoms with Gasteiger partial charge in [0.05, 0.1) is 29.0 Å². The van der Waals surface area contributed by atoms with Gasteiger partial charge >= 0.3 is 0 Å². The Hall–Kier alpha value is -1.79. The van der Waals surface area contributed by atoms with Crippen molar-refractivity contribution in [3.05, 3.63) is 22.7 Å². The molecular weight excluding hydrogens is 402 g/mol. The summed E-state index contributed by atoms with van der Waals surface area (Å²) in [6.07, 6.45) is 11.9. The number of fused-ring (bicyclic) bond motifs is 2. The van der Waals surface area contributed by atoms with Crippen LogP contribution in [0.3, 0.4) is 0 Å². The Bertz CT molecular complexity index is 820. The summed E-state index contributed by atoms with van der Waals surface area (Å²) in [5.41, 5.74) is 0.581. The molecule has 1 aromatic carbocycles. The highest BCUT2D eigenvalue weighted by atomic mass is 35.5. The van der Waals surface area contributed by atoms with Crippen molar-refractivity contribution in [2.75, 3.05) is 12.4 Å². The summed E-state index contributed by atoms with van der Waals surface area (Å²) in [6.45, 7) is 1.42. The smallest absolute Gasteiger partial charge is 0.256 e. The van der Waals surface area contributed by atoms with Crippen LogP contribution in [-0.4, -0.2) is 41.6 Å². The van der Waals surface area contributed by atoms with E-state index in [-0.39, 0.29) is 17.5 Å². The molecule has 1 saturated carbocycles. The van der Waals surface area contributed by atoms with E-state index >= 15 is 0 Å². The van der Waals surface area contributed by atoms with Gasteiger partial charge in [-0.3, -0.25) is 14.5 Å². The number of hydrogen-bond acceptors (Lipinski definition) is 4. The summed E-state index contributed by atoms with van der Waals surface area (Å²) in [7, 11) is 1.52. The summed E-state index contributed by atoms with van der Waals surface area (Å²) < 4.78 is 5.47. The molecule has 0 radical (unpaired) electrons. The lowest BCUT2D eigenvalue weighted by Crippen LogP contribution is -2.64. The molecule has 0 spiro atoms. The van der Waals surface area contributed by atoms with Crippen LogP contribution >= 0.6 is 11.6 Å². The van der Waals surface area contributed by atoms with Gasteiger partial charge in [-0.05, 0) is 51.0 Å². The molecule has 3 aliphatic rings. The maximum absolute atomic E-state index is 13.4. The maximum atomic E-state index is 13.4. The van der Waals surface area contributed by atoms with E-state index in [1.807, 2.05) is 0 Å². The van der Waals surface area contributed by atoms with Gasteiger partial charge in [-0.1, -0.05) is 30.9 Å². The Morgan fingerprint density at radius 2 is 1.77 bits per heavy atom. The van der Waals surface area contributed by atoms with Gasteiger partial charge < -0.3 is 15.4 Å². The number of nitrogens with zero attached hydrogens (tertiary/aromatic N) is 1. The average molecular weight is 434 g/mol. The molecule has 2 saturated heterocycles. The first-order valence-corrected chi connectivity index (χ1v) is 11.6. The van der Waals surface area contributed by atoms with E-state index in [0.717, 1.165) is 25.7 Å². The number of methoxy groups -OCH3 is 1. The Morgan fingerprint density at radius 1 is 1.07 bits per heavy atom. The number of carbonyl (C=O) groups is 2. The second-order valence-corrected chi connectivity index (χ2v) is 9.39. The number of rotatable bonds is 5. The topological polar surface area (TPSA) is 70.7 Å². The molecule has 7 heteroatoms. The Morgan fingerprint density at radius 3 is 2.47 bits per heavy atom. The van der Waals surface area contributed by atoms with Crippen molar-refractivity contribution in [2.45, 2.75) is 88.9 Å². The molecule has 2 atom stereocenters. The van der Waals surface area contributed by atoms with Crippen LogP contribution < -0.4 is 15.4 Å². The Kier molecular flexibility index (Phi) is 6.26. The van der Waals surface area contributed by atoms with Crippen molar-refractivity contribution >= 4 is 29.1 Å². The minimum Gasteiger partial charge on any atom is -0.496 e. The van der Waals surface area contributed by atoms with Crippen molar-refractivity contribution in [3.63, 3.8) is 0 Å². The molecule has 2 unspecified atom stereocenters. The number of anilines is 1. The van der Waals surface area contributed by atoms with E-state index < -0.39 is 0 Å². The normalized spacial score (nSPS) is 27.0. The van der Waals surface area contributed by atoms with Gasteiger partial charge in [0.15, 0.2) is 0 Å². The van der Waals surface area contributed by atoms with Crippen LogP contribution in [0.2, 0.25) is 5.02 Å². The van der Waals surface area contributed by atoms with Crippen LogP contribution in [0.4, 0.5) is 5.69 Å². The molecule has 2 aliphatic heterocycles. The van der Waals surface area contributed by atoms with Crippen molar-refractivity contribution in [1.29, 1.82) is 0 Å². The first-order valence-electron chi connectivity index (χ1n) is 11.2. The fourth-order valence-corrected chi connectivity index (χ4v) is 6.06. The zero-order chi connectivity index (χ0) is 21.3. The summed E-state index contributed by atoms with van der Waals surface area (Å²) in [5, 5.41) is 6.42. The number of benzene rings is 1. The standard InChI is InChI=1S/C23H32ClN3O3/c1-15(28)25-20-14-21(30-2)18(13-19(20)24)22(29)26-23-11-6-9-17(10-12-23)27(23)16-7-4-3-5-8-16/h13-14,16-17H,3-12H2,1-2H3,(H,25,28)(H,26,29). The molecule has 2 heterocycles. The molecule has 2 N–H and O–H groups in total. The third-order valence-corrected chi connectivity index (χ3v) is 7.38. The maximum Gasteiger partial charge on any atom is 0.256 e. The minimum atomic E-state index is -0.268. The van der Waals surface area contributed by atoms with Crippen molar-refractivity contribution in [2.24, 2.45) is 0 Å². The lowest BCUT2D eigenvalue weighted by molar-refractivity contribution is -0.114. The second-order valence-electron chi connectivity index (χ2n) is 8.98. The summed E-state index contributed by atoms with van der Waals surface area (Å²) in [4.78, 5) is 27.5. The second kappa shape index (κ2) is 8.75. The summed E-state index contributed by atoms with van der Waals surface area (Å²) in [6, 6.07) is 4.36. The van der Waals surface area contributed by atoms with Crippen LogP contribution in [0, 0.1) is 0 Å². The first-order chi connectivity index (χ1) is 14.4. The van der Waals surface area contributed by atoms with Gasteiger partial charge in [-0.2, -0.15) is 0 Å². The largest absolute Gasteiger partial charge is 0.496 e. The van der Waals surface area contributed by atoms with E-state index in [1.165, 1.54) is 52.6 Å². The Balaban J connectivity index is 1.60. The quantitative estimate of drug-likeness (QED) is 0.705. The molecule has 6 nitrogen and oxygen atoms in total. The lowest BCUT2D eigenvalue weighted by atomic mass is 9.87. The minimum absolute atomic E-state index is 0.161. The molecular formula is C23H32ClN3O3. The third kappa shape index (κ3) is 4.04. The molecule has 2 amide bonds. The number of hydrogen-bond donors (Lipinski definition) is 2. The van der Waals surface area contributed by atoms with E-state index in [2.05, 4.69) is 15.5 Å². The zero-order valence-electron chi connectivity index (χ0n) is 17.9. The highest BCUT2D eigenvalue weighted by Crippen LogP contribution is 2.46. The van der Waals surface area contributed by atoms with Crippen LogP contribution in [-0.2, 0) is 4.79 Å². The molecule has 3 fully saturated rings. The fourth-order valence-electron chi connectivity index (χ4n) is 5.85. The third-order valence-electron chi connectivity index (χ3n) is 7.07. The molecule has 164 valence electrons. The van der Waals surface area contributed by atoms with E-state index in [1.54, 1.807) is 12.1 Å². The van der Waals surface area contributed by atoms with Crippen molar-refractivity contribution in [3.8, 4) is 5.75 Å². The van der Waals surface area contributed by atoms with Gasteiger partial charge in [0, 0.05) is 25.1 Å². The number of piperidine rings is 1. The summed E-state index contributed by atoms with van der Waals surface area (Å²) >= 11 is 6.36. The number of nitrogens with one attached hydrogen (secondary N) is 2. The van der Waals surface area contributed by atoms with Gasteiger partial charge in [0.1, 0.15) is 5.75 Å². The highest BCUT2D eigenvalue weighted by Gasteiger charge is 2.52. The van der Waals surface area contributed by atoms with Crippen LogP contribution in [0.1, 0.15) is 81.5 Å². The molecule has 0 aromatic heterocycles. The Labute approximate surface area is 183 Å². The SMILES string of the molecule is COc1cc(NC(C)=O)c(Cl)cc1C(=O)NC12CCCC(CC1)N2C1CCCCC1. The number of amides is 2. The van der Waals surface area contributed by atoms with Gasteiger partial charge in [0.25, 0.3) is 5.91 Å². The molecule has 2 bridgehead atoms.